The zero-order chi connectivity index (χ0) is 17.0. The van der Waals surface area contributed by atoms with Crippen LogP contribution in [-0.4, -0.2) is 25.7 Å². The summed E-state index contributed by atoms with van der Waals surface area (Å²) in [5.41, 5.74) is 2.05. The van der Waals surface area contributed by atoms with Crippen molar-refractivity contribution in [1.29, 1.82) is 0 Å². The molecular formula is C18H21ClN5O-. The summed E-state index contributed by atoms with van der Waals surface area (Å²) in [4.78, 5) is 0. The van der Waals surface area contributed by atoms with Crippen molar-refractivity contribution in [3.8, 4) is 17.4 Å². The Kier molecular flexibility index (Phi) is 6.12. The van der Waals surface area contributed by atoms with Crippen LogP contribution in [0.5, 0.6) is 11.8 Å². The third-order valence-corrected chi connectivity index (χ3v) is 3.37. The second kappa shape index (κ2) is 8.09. The minimum absolute atomic E-state index is 0. The molecule has 1 N–H and O–H groups in total. The summed E-state index contributed by atoms with van der Waals surface area (Å²) >= 11 is 0. The van der Waals surface area contributed by atoms with Gasteiger partial charge in [-0.1, -0.05) is 35.4 Å². The molecule has 0 radical (unpaired) electrons. The molecule has 0 saturated heterocycles. The molecule has 0 fully saturated rings. The minimum atomic E-state index is 0. The molecule has 0 atom stereocenters. The molecule has 6 nitrogen and oxygen atoms in total. The van der Waals surface area contributed by atoms with Crippen molar-refractivity contribution in [2.75, 3.05) is 0 Å². The lowest BCUT2D eigenvalue weighted by Crippen LogP contribution is -3.00. The van der Waals surface area contributed by atoms with Crippen LogP contribution in [-0.2, 0) is 6.54 Å². The molecule has 0 aliphatic heterocycles. The molecule has 0 spiro atoms. The van der Waals surface area contributed by atoms with E-state index in [4.69, 9.17) is 4.74 Å². The molecule has 0 saturated carbocycles. The molecule has 3 rings (SSSR count). The lowest BCUT2D eigenvalue weighted by atomic mass is 10.1. The smallest absolute Gasteiger partial charge is 0.345 e. The number of halogens is 1. The minimum Gasteiger partial charge on any atom is -1.00 e. The quantitative estimate of drug-likeness (QED) is 0.713. The highest BCUT2D eigenvalue weighted by atomic mass is 35.5. The molecule has 1 heterocycles. The van der Waals surface area contributed by atoms with Gasteiger partial charge in [-0.15, -0.1) is 0 Å². The summed E-state index contributed by atoms with van der Waals surface area (Å²) in [7, 11) is 0. The first kappa shape index (κ1) is 18.9. The van der Waals surface area contributed by atoms with Crippen molar-refractivity contribution in [2.24, 2.45) is 0 Å². The van der Waals surface area contributed by atoms with E-state index in [9.17, 15) is 0 Å². The number of benzene rings is 2. The first-order valence-electron chi connectivity index (χ1n) is 7.87. The van der Waals surface area contributed by atoms with E-state index >= 15 is 0 Å². The molecule has 0 aliphatic carbocycles. The normalized spacial score (nSPS) is 11.0. The number of nitrogens with one attached hydrogen (secondary N) is 1. The summed E-state index contributed by atoms with van der Waals surface area (Å²) in [6.45, 7) is 7.19. The van der Waals surface area contributed by atoms with Crippen LogP contribution < -0.4 is 22.5 Å². The van der Waals surface area contributed by atoms with Crippen LogP contribution in [0, 0.1) is 0 Å². The Hall–Kier alpha value is -2.44. The fourth-order valence-corrected chi connectivity index (χ4v) is 2.17. The van der Waals surface area contributed by atoms with Gasteiger partial charge in [0, 0.05) is 12.1 Å². The van der Waals surface area contributed by atoms with E-state index in [0.717, 1.165) is 17.8 Å². The molecular weight excluding hydrogens is 338 g/mol. The number of hydrogen-bond donors (Lipinski definition) is 1. The number of aromatic nitrogens is 4. The van der Waals surface area contributed by atoms with Gasteiger partial charge in [0.1, 0.15) is 5.75 Å². The molecule has 0 aliphatic rings. The molecule has 25 heavy (non-hydrogen) atoms. The Balaban J connectivity index is 0.00000225. The van der Waals surface area contributed by atoms with Gasteiger partial charge in [0.2, 0.25) is 0 Å². The van der Waals surface area contributed by atoms with E-state index in [1.165, 1.54) is 0 Å². The molecule has 7 heteroatoms. The van der Waals surface area contributed by atoms with E-state index in [1.54, 1.807) is 4.68 Å². The van der Waals surface area contributed by atoms with Gasteiger partial charge < -0.3 is 22.5 Å². The van der Waals surface area contributed by atoms with Crippen LogP contribution in [0.15, 0.2) is 54.6 Å². The average molecular weight is 359 g/mol. The molecule has 3 aromatic rings. The van der Waals surface area contributed by atoms with Crippen molar-refractivity contribution >= 4 is 0 Å². The van der Waals surface area contributed by atoms with Crippen LogP contribution in [0.1, 0.15) is 26.3 Å². The lowest BCUT2D eigenvalue weighted by Gasteiger charge is -2.20. The van der Waals surface area contributed by atoms with Gasteiger partial charge in [-0.25, -0.2) is 0 Å². The lowest BCUT2D eigenvalue weighted by molar-refractivity contribution is -0.00000641. The summed E-state index contributed by atoms with van der Waals surface area (Å²) < 4.78 is 7.45. The van der Waals surface area contributed by atoms with Crippen LogP contribution in [0.25, 0.3) is 5.69 Å². The largest absolute Gasteiger partial charge is 1.00 e. The summed E-state index contributed by atoms with van der Waals surface area (Å²) in [5.74, 6) is 0.704. The van der Waals surface area contributed by atoms with Gasteiger partial charge in [0.05, 0.1) is 5.69 Å². The highest BCUT2D eigenvalue weighted by molar-refractivity contribution is 5.34. The third-order valence-electron chi connectivity index (χ3n) is 3.37. The molecule has 0 amide bonds. The van der Waals surface area contributed by atoms with Crippen molar-refractivity contribution in [2.45, 2.75) is 32.9 Å². The Morgan fingerprint density at radius 3 is 2.52 bits per heavy atom. The van der Waals surface area contributed by atoms with Gasteiger partial charge in [-0.05, 0) is 61.0 Å². The second-order valence-electron chi connectivity index (χ2n) is 6.56. The van der Waals surface area contributed by atoms with E-state index in [-0.39, 0.29) is 17.9 Å². The van der Waals surface area contributed by atoms with Gasteiger partial charge in [-0.3, -0.25) is 0 Å². The highest BCUT2D eigenvalue weighted by Crippen LogP contribution is 2.22. The van der Waals surface area contributed by atoms with Crippen LogP contribution in [0.3, 0.4) is 0 Å². The fraction of sp³-hybridized carbons (Fsp3) is 0.278. The number of ether oxygens (including phenoxy) is 1. The predicted octanol–water partition coefficient (Wildman–Crippen LogP) is 0.347. The number of nitrogens with zero attached hydrogens (tertiary/aromatic N) is 4. The number of rotatable bonds is 5. The number of tetrazole rings is 1. The Morgan fingerprint density at radius 1 is 1.04 bits per heavy atom. The van der Waals surface area contributed by atoms with Gasteiger partial charge in [0.25, 0.3) is 0 Å². The monoisotopic (exact) mass is 358 g/mol. The third kappa shape index (κ3) is 5.27. The van der Waals surface area contributed by atoms with E-state index < -0.39 is 0 Å². The Bertz CT molecular complexity index is 798. The van der Waals surface area contributed by atoms with Gasteiger partial charge >= 0.3 is 6.01 Å². The Labute approximate surface area is 153 Å². The zero-order valence-electron chi connectivity index (χ0n) is 14.5. The zero-order valence-corrected chi connectivity index (χ0v) is 15.2. The molecule has 132 valence electrons. The van der Waals surface area contributed by atoms with Crippen LogP contribution in [0.4, 0.5) is 0 Å². The summed E-state index contributed by atoms with van der Waals surface area (Å²) in [6, 6.07) is 17.9. The number of para-hydroxylation sites is 1. The van der Waals surface area contributed by atoms with Gasteiger partial charge in [0.15, 0.2) is 0 Å². The van der Waals surface area contributed by atoms with E-state index in [1.807, 2.05) is 48.5 Å². The maximum Gasteiger partial charge on any atom is 0.345 e. The van der Waals surface area contributed by atoms with Crippen LogP contribution >= 0.6 is 0 Å². The van der Waals surface area contributed by atoms with Gasteiger partial charge in [-0.2, -0.15) is 4.68 Å². The average Bonchev–Trinajstić information content (AvgIpc) is 3.02. The maximum absolute atomic E-state index is 5.88. The maximum atomic E-state index is 5.88. The number of hydrogen-bond acceptors (Lipinski definition) is 5. The first-order chi connectivity index (χ1) is 11.5. The second-order valence-corrected chi connectivity index (χ2v) is 6.56. The predicted molar refractivity (Wildman–Crippen MR) is 92.3 cm³/mol. The molecule has 0 bridgehead atoms. The fourth-order valence-electron chi connectivity index (χ4n) is 2.17. The van der Waals surface area contributed by atoms with Crippen molar-refractivity contribution in [3.05, 3.63) is 60.2 Å². The summed E-state index contributed by atoms with van der Waals surface area (Å²) in [6.07, 6.45) is 0. The van der Waals surface area contributed by atoms with Crippen molar-refractivity contribution in [3.63, 3.8) is 0 Å². The van der Waals surface area contributed by atoms with E-state index in [0.29, 0.717) is 11.8 Å². The van der Waals surface area contributed by atoms with Crippen molar-refractivity contribution in [1.82, 2.24) is 25.5 Å². The standard InChI is InChI=1S/C18H21N5O.ClH/c1-18(2,3)19-13-14-8-7-11-16(12-14)24-17-20-21-22-23(17)15-9-5-4-6-10-15;/h4-12,19H,13H2,1-3H3;1H/p-1. The SMILES string of the molecule is CC(C)(C)NCc1cccc(Oc2nnnn2-c2ccccc2)c1.[Cl-]. The first-order valence-corrected chi connectivity index (χ1v) is 7.87. The highest BCUT2D eigenvalue weighted by Gasteiger charge is 2.12. The van der Waals surface area contributed by atoms with Crippen molar-refractivity contribution < 1.29 is 17.1 Å². The molecule has 0 unspecified atom stereocenters. The summed E-state index contributed by atoms with van der Waals surface area (Å²) in [5, 5.41) is 15.1. The van der Waals surface area contributed by atoms with Crippen LogP contribution in [0.2, 0.25) is 0 Å². The topological polar surface area (TPSA) is 64.9 Å². The molecule has 1 aromatic heterocycles. The van der Waals surface area contributed by atoms with E-state index in [2.05, 4.69) is 47.7 Å². The Morgan fingerprint density at radius 2 is 1.80 bits per heavy atom. The molecule has 2 aromatic carbocycles.